The first-order chi connectivity index (χ1) is 12.0. The summed E-state index contributed by atoms with van der Waals surface area (Å²) in [7, 11) is 0. The van der Waals surface area contributed by atoms with Crippen LogP contribution in [0.5, 0.6) is 5.75 Å². The van der Waals surface area contributed by atoms with Gasteiger partial charge >= 0.3 is 0 Å². The minimum atomic E-state index is -0.124. The summed E-state index contributed by atoms with van der Waals surface area (Å²) in [5, 5.41) is 2.82. The number of hydrogen-bond donors (Lipinski definition) is 1. The Morgan fingerprint density at radius 2 is 1.64 bits per heavy atom. The van der Waals surface area contributed by atoms with Gasteiger partial charge in [0.25, 0.3) is 5.91 Å². The van der Waals surface area contributed by atoms with Crippen molar-refractivity contribution in [3.63, 3.8) is 0 Å². The lowest BCUT2D eigenvalue weighted by atomic mass is 10.1. The molecular formula is C20H24BrNO3. The smallest absolute Gasteiger partial charge is 0.257 e. The lowest BCUT2D eigenvalue weighted by molar-refractivity contribution is -0.123. The summed E-state index contributed by atoms with van der Waals surface area (Å²) in [5.74, 6) is 0.556. The van der Waals surface area contributed by atoms with Gasteiger partial charge in [0.1, 0.15) is 5.75 Å². The van der Waals surface area contributed by atoms with Crippen molar-refractivity contribution in [1.29, 1.82) is 0 Å². The SMILES string of the molecule is CC(C)OCCCNC(=O)COc1ccc(-c2ccc(Br)cc2)cc1. The van der Waals surface area contributed by atoms with Gasteiger partial charge in [-0.05, 0) is 55.7 Å². The predicted molar refractivity (Wildman–Crippen MR) is 104 cm³/mol. The van der Waals surface area contributed by atoms with Crippen molar-refractivity contribution in [2.24, 2.45) is 0 Å². The summed E-state index contributed by atoms with van der Waals surface area (Å²) in [6.07, 6.45) is 1.02. The summed E-state index contributed by atoms with van der Waals surface area (Å²) in [4.78, 5) is 11.8. The maximum Gasteiger partial charge on any atom is 0.257 e. The van der Waals surface area contributed by atoms with Gasteiger partial charge in [-0.25, -0.2) is 0 Å². The normalized spacial score (nSPS) is 10.7. The lowest BCUT2D eigenvalue weighted by Crippen LogP contribution is -2.30. The molecule has 0 radical (unpaired) electrons. The van der Waals surface area contributed by atoms with E-state index in [0.29, 0.717) is 18.9 Å². The van der Waals surface area contributed by atoms with Crippen LogP contribution in [0.3, 0.4) is 0 Å². The van der Waals surface area contributed by atoms with Crippen LogP contribution in [0.4, 0.5) is 0 Å². The number of hydrogen-bond acceptors (Lipinski definition) is 3. The third kappa shape index (κ3) is 7.28. The third-order valence-corrected chi connectivity index (χ3v) is 4.02. The highest BCUT2D eigenvalue weighted by molar-refractivity contribution is 9.10. The van der Waals surface area contributed by atoms with Crippen LogP contribution in [0.15, 0.2) is 53.0 Å². The van der Waals surface area contributed by atoms with Crippen LogP contribution in [-0.4, -0.2) is 31.8 Å². The molecule has 1 N–H and O–H groups in total. The van der Waals surface area contributed by atoms with E-state index in [1.807, 2.05) is 50.2 Å². The van der Waals surface area contributed by atoms with Crippen LogP contribution in [-0.2, 0) is 9.53 Å². The second-order valence-electron chi connectivity index (χ2n) is 5.94. The number of amides is 1. The Labute approximate surface area is 157 Å². The Bertz CT molecular complexity index is 654. The van der Waals surface area contributed by atoms with Crippen molar-refractivity contribution in [1.82, 2.24) is 5.32 Å². The molecule has 0 aromatic heterocycles. The fourth-order valence-electron chi connectivity index (χ4n) is 2.20. The van der Waals surface area contributed by atoms with E-state index in [4.69, 9.17) is 9.47 Å². The van der Waals surface area contributed by atoms with Gasteiger partial charge in [-0.1, -0.05) is 40.2 Å². The molecule has 0 atom stereocenters. The number of carbonyl (C=O) groups is 1. The van der Waals surface area contributed by atoms with E-state index >= 15 is 0 Å². The fraction of sp³-hybridized carbons (Fsp3) is 0.350. The van der Waals surface area contributed by atoms with Gasteiger partial charge in [0.15, 0.2) is 6.61 Å². The number of carbonyl (C=O) groups excluding carboxylic acids is 1. The molecule has 0 saturated carbocycles. The first-order valence-corrected chi connectivity index (χ1v) is 9.21. The van der Waals surface area contributed by atoms with Crippen molar-refractivity contribution in [3.8, 4) is 16.9 Å². The Hall–Kier alpha value is -1.85. The van der Waals surface area contributed by atoms with Crippen molar-refractivity contribution in [2.45, 2.75) is 26.4 Å². The van der Waals surface area contributed by atoms with Crippen LogP contribution >= 0.6 is 15.9 Å². The second-order valence-corrected chi connectivity index (χ2v) is 6.86. The van der Waals surface area contributed by atoms with E-state index in [1.165, 1.54) is 0 Å². The van der Waals surface area contributed by atoms with Gasteiger partial charge in [0, 0.05) is 17.6 Å². The van der Waals surface area contributed by atoms with Crippen molar-refractivity contribution < 1.29 is 14.3 Å². The zero-order chi connectivity index (χ0) is 18.1. The molecule has 2 aromatic carbocycles. The highest BCUT2D eigenvalue weighted by Crippen LogP contribution is 2.24. The highest BCUT2D eigenvalue weighted by atomic mass is 79.9. The highest BCUT2D eigenvalue weighted by Gasteiger charge is 2.03. The van der Waals surface area contributed by atoms with E-state index in [9.17, 15) is 4.79 Å². The van der Waals surface area contributed by atoms with Crippen LogP contribution in [0.2, 0.25) is 0 Å². The van der Waals surface area contributed by atoms with E-state index < -0.39 is 0 Å². The third-order valence-electron chi connectivity index (χ3n) is 3.50. The summed E-state index contributed by atoms with van der Waals surface area (Å²) in [6.45, 7) is 5.25. The standard InChI is InChI=1S/C20H24BrNO3/c1-15(2)24-13-3-12-22-20(23)14-25-19-10-6-17(7-11-19)16-4-8-18(21)9-5-16/h4-11,15H,3,12-14H2,1-2H3,(H,22,23). The number of rotatable bonds is 9. The summed E-state index contributed by atoms with van der Waals surface area (Å²) in [5.41, 5.74) is 2.24. The summed E-state index contributed by atoms with van der Waals surface area (Å²) in [6, 6.07) is 15.8. The fourth-order valence-corrected chi connectivity index (χ4v) is 2.47. The first-order valence-electron chi connectivity index (χ1n) is 8.41. The van der Waals surface area contributed by atoms with Crippen LogP contribution in [0.1, 0.15) is 20.3 Å². The van der Waals surface area contributed by atoms with E-state index in [1.54, 1.807) is 0 Å². The van der Waals surface area contributed by atoms with Gasteiger partial charge in [0.2, 0.25) is 0 Å². The molecule has 0 fully saturated rings. The maximum absolute atomic E-state index is 11.8. The molecule has 0 spiro atoms. The Kier molecular flexibility index (Phi) is 7.95. The second kappa shape index (κ2) is 10.2. The molecular weight excluding hydrogens is 382 g/mol. The average Bonchev–Trinajstić information content (AvgIpc) is 2.60. The minimum absolute atomic E-state index is 0.0165. The molecule has 1 amide bonds. The van der Waals surface area contributed by atoms with Crippen LogP contribution in [0, 0.1) is 0 Å². The van der Waals surface area contributed by atoms with Crippen LogP contribution in [0.25, 0.3) is 11.1 Å². The van der Waals surface area contributed by atoms with Crippen molar-refractivity contribution in [3.05, 3.63) is 53.0 Å². The molecule has 25 heavy (non-hydrogen) atoms. The topological polar surface area (TPSA) is 47.6 Å². The maximum atomic E-state index is 11.8. The van der Waals surface area contributed by atoms with E-state index in [0.717, 1.165) is 22.0 Å². The Morgan fingerprint density at radius 3 is 2.24 bits per heavy atom. The average molecular weight is 406 g/mol. The largest absolute Gasteiger partial charge is 0.484 e. The molecule has 0 unspecified atom stereocenters. The Morgan fingerprint density at radius 1 is 1.04 bits per heavy atom. The van der Waals surface area contributed by atoms with Gasteiger partial charge in [-0.3, -0.25) is 4.79 Å². The summed E-state index contributed by atoms with van der Waals surface area (Å²) >= 11 is 3.43. The van der Waals surface area contributed by atoms with Gasteiger partial charge in [0.05, 0.1) is 6.10 Å². The number of benzene rings is 2. The van der Waals surface area contributed by atoms with E-state index in [-0.39, 0.29) is 18.6 Å². The quantitative estimate of drug-likeness (QED) is 0.627. The van der Waals surface area contributed by atoms with Gasteiger partial charge < -0.3 is 14.8 Å². The monoisotopic (exact) mass is 405 g/mol. The van der Waals surface area contributed by atoms with Gasteiger partial charge in [-0.2, -0.15) is 0 Å². The number of ether oxygens (including phenoxy) is 2. The molecule has 0 saturated heterocycles. The number of halogens is 1. The van der Waals surface area contributed by atoms with Crippen molar-refractivity contribution >= 4 is 21.8 Å². The molecule has 0 aliphatic carbocycles. The molecule has 5 heteroatoms. The molecule has 2 rings (SSSR count). The molecule has 0 bridgehead atoms. The van der Waals surface area contributed by atoms with Gasteiger partial charge in [-0.15, -0.1) is 0 Å². The lowest BCUT2D eigenvalue weighted by Gasteiger charge is -2.09. The molecule has 0 aliphatic heterocycles. The first kappa shape index (κ1) is 19.5. The molecule has 0 heterocycles. The summed E-state index contributed by atoms with van der Waals surface area (Å²) < 4.78 is 12.0. The van der Waals surface area contributed by atoms with E-state index in [2.05, 4.69) is 33.4 Å². The molecule has 0 aliphatic rings. The Balaban J connectivity index is 1.72. The van der Waals surface area contributed by atoms with Crippen molar-refractivity contribution in [2.75, 3.05) is 19.8 Å². The molecule has 134 valence electrons. The molecule has 4 nitrogen and oxygen atoms in total. The zero-order valence-electron chi connectivity index (χ0n) is 14.6. The predicted octanol–water partition coefficient (Wildman–Crippen LogP) is 4.43. The number of nitrogens with one attached hydrogen (secondary N) is 1. The minimum Gasteiger partial charge on any atom is -0.484 e. The van der Waals surface area contributed by atoms with Crippen LogP contribution < -0.4 is 10.1 Å². The zero-order valence-corrected chi connectivity index (χ0v) is 16.2. The molecule has 2 aromatic rings.